The van der Waals surface area contributed by atoms with Crippen LogP contribution in [0, 0.1) is 6.92 Å². The Bertz CT molecular complexity index is 1350. The van der Waals surface area contributed by atoms with Crippen LogP contribution in [-0.4, -0.2) is 19.5 Å². The van der Waals surface area contributed by atoms with Crippen LogP contribution in [0.1, 0.15) is 30.0 Å². The van der Waals surface area contributed by atoms with Gasteiger partial charge in [-0.3, -0.25) is 9.36 Å². The molecule has 0 radical (unpaired) electrons. The third kappa shape index (κ3) is 3.98. The zero-order chi connectivity index (χ0) is 23.0. The standard InChI is InChI=1S/C22H19F3N6O/c1-12-7-6-10-15-18(12)20(32)31(14-8-4-3-5-9-14)19(28-15)13(2)27-17-11-16(22(23,24)25)29-21(26)30-17/h3-11,13H,1-2H3,(H3,26,27,29,30). The number of aromatic nitrogens is 4. The Balaban J connectivity index is 1.87. The smallest absolute Gasteiger partial charge is 0.368 e. The van der Waals surface area contributed by atoms with Gasteiger partial charge in [0.25, 0.3) is 5.56 Å². The molecule has 1 atom stereocenters. The zero-order valence-electron chi connectivity index (χ0n) is 17.2. The van der Waals surface area contributed by atoms with E-state index in [0.29, 0.717) is 22.4 Å². The van der Waals surface area contributed by atoms with Gasteiger partial charge in [0.1, 0.15) is 11.6 Å². The molecule has 0 amide bonds. The summed E-state index contributed by atoms with van der Waals surface area (Å²) in [5, 5.41) is 3.35. The van der Waals surface area contributed by atoms with Crippen LogP contribution in [0.2, 0.25) is 0 Å². The van der Waals surface area contributed by atoms with E-state index in [0.717, 1.165) is 11.6 Å². The van der Waals surface area contributed by atoms with E-state index in [1.807, 2.05) is 19.1 Å². The molecule has 0 aliphatic rings. The van der Waals surface area contributed by atoms with Crippen LogP contribution in [0.25, 0.3) is 16.6 Å². The Labute approximate surface area is 180 Å². The maximum atomic E-state index is 13.5. The second kappa shape index (κ2) is 7.95. The molecule has 0 aliphatic heterocycles. The van der Waals surface area contributed by atoms with Crippen molar-refractivity contribution in [2.75, 3.05) is 11.1 Å². The minimum atomic E-state index is -4.68. The lowest BCUT2D eigenvalue weighted by atomic mass is 10.1. The maximum absolute atomic E-state index is 13.5. The lowest BCUT2D eigenvalue weighted by molar-refractivity contribution is -0.141. The molecule has 0 saturated carbocycles. The fourth-order valence-electron chi connectivity index (χ4n) is 3.50. The van der Waals surface area contributed by atoms with Gasteiger partial charge in [-0.25, -0.2) is 9.97 Å². The molecule has 4 aromatic rings. The molecule has 7 nitrogen and oxygen atoms in total. The van der Waals surface area contributed by atoms with Crippen LogP contribution in [0.5, 0.6) is 0 Å². The number of para-hydroxylation sites is 1. The molecule has 32 heavy (non-hydrogen) atoms. The monoisotopic (exact) mass is 440 g/mol. The molecule has 0 bridgehead atoms. The van der Waals surface area contributed by atoms with E-state index >= 15 is 0 Å². The van der Waals surface area contributed by atoms with Crippen LogP contribution in [0.3, 0.4) is 0 Å². The average molecular weight is 440 g/mol. The van der Waals surface area contributed by atoms with E-state index in [-0.39, 0.29) is 11.4 Å². The van der Waals surface area contributed by atoms with Gasteiger partial charge in [-0.05, 0) is 37.6 Å². The first-order valence-corrected chi connectivity index (χ1v) is 9.71. The van der Waals surface area contributed by atoms with Crippen LogP contribution in [0.4, 0.5) is 24.9 Å². The topological polar surface area (TPSA) is 98.7 Å². The molecular weight excluding hydrogens is 421 g/mol. The lowest BCUT2D eigenvalue weighted by Gasteiger charge is -2.21. The van der Waals surface area contributed by atoms with Crippen molar-refractivity contribution in [3.8, 4) is 5.69 Å². The van der Waals surface area contributed by atoms with E-state index in [4.69, 9.17) is 5.73 Å². The summed E-state index contributed by atoms with van der Waals surface area (Å²) >= 11 is 0. The Morgan fingerprint density at radius 2 is 1.75 bits per heavy atom. The van der Waals surface area contributed by atoms with E-state index in [2.05, 4.69) is 20.3 Å². The SMILES string of the molecule is Cc1cccc2nc(C(C)Nc3cc(C(F)(F)F)nc(N)n3)n(-c3ccccc3)c(=O)c12. The molecule has 2 aromatic heterocycles. The Kier molecular flexibility index (Phi) is 5.29. The third-order valence-electron chi connectivity index (χ3n) is 4.93. The zero-order valence-corrected chi connectivity index (χ0v) is 17.2. The average Bonchev–Trinajstić information content (AvgIpc) is 2.73. The predicted octanol–water partition coefficient (Wildman–Crippen LogP) is 4.26. The van der Waals surface area contributed by atoms with Crippen molar-refractivity contribution >= 4 is 22.7 Å². The number of hydrogen-bond donors (Lipinski definition) is 2. The minimum absolute atomic E-state index is 0.129. The number of rotatable bonds is 4. The molecule has 10 heteroatoms. The molecule has 164 valence electrons. The number of nitrogens with zero attached hydrogens (tertiary/aromatic N) is 4. The first-order chi connectivity index (χ1) is 15.1. The van der Waals surface area contributed by atoms with Crippen molar-refractivity contribution in [3.05, 3.63) is 82.0 Å². The lowest BCUT2D eigenvalue weighted by Crippen LogP contribution is -2.28. The molecular formula is C22H19F3N6O. The van der Waals surface area contributed by atoms with E-state index < -0.39 is 23.9 Å². The highest BCUT2D eigenvalue weighted by Crippen LogP contribution is 2.30. The van der Waals surface area contributed by atoms with Crippen molar-refractivity contribution in [2.24, 2.45) is 0 Å². The summed E-state index contributed by atoms with van der Waals surface area (Å²) in [5.41, 5.74) is 5.88. The number of nitrogen functional groups attached to an aromatic ring is 1. The van der Waals surface area contributed by atoms with Crippen molar-refractivity contribution in [1.82, 2.24) is 19.5 Å². The number of aryl methyl sites for hydroxylation is 1. The van der Waals surface area contributed by atoms with Crippen molar-refractivity contribution in [1.29, 1.82) is 0 Å². The van der Waals surface area contributed by atoms with Gasteiger partial charge in [-0.1, -0.05) is 30.3 Å². The van der Waals surface area contributed by atoms with Crippen molar-refractivity contribution < 1.29 is 13.2 Å². The summed E-state index contributed by atoms with van der Waals surface area (Å²) in [6.07, 6.45) is -4.68. The molecule has 4 rings (SSSR count). The van der Waals surface area contributed by atoms with Crippen LogP contribution >= 0.6 is 0 Å². The molecule has 3 N–H and O–H groups in total. The minimum Gasteiger partial charge on any atom is -0.368 e. The summed E-state index contributed by atoms with van der Waals surface area (Å²) < 4.78 is 40.8. The number of anilines is 2. The van der Waals surface area contributed by atoms with Crippen LogP contribution < -0.4 is 16.6 Å². The molecule has 0 aliphatic carbocycles. The molecule has 2 heterocycles. The quantitative estimate of drug-likeness (QED) is 0.492. The summed E-state index contributed by atoms with van der Waals surface area (Å²) in [5.74, 6) is -0.336. The molecule has 0 spiro atoms. The first-order valence-electron chi connectivity index (χ1n) is 9.71. The number of alkyl halides is 3. The largest absolute Gasteiger partial charge is 0.433 e. The number of fused-ring (bicyclic) bond motifs is 1. The molecule has 2 aromatic carbocycles. The highest BCUT2D eigenvalue weighted by atomic mass is 19.4. The fourth-order valence-corrected chi connectivity index (χ4v) is 3.50. The molecule has 0 saturated heterocycles. The van der Waals surface area contributed by atoms with Gasteiger partial charge in [0.05, 0.1) is 22.6 Å². The van der Waals surface area contributed by atoms with Crippen molar-refractivity contribution in [2.45, 2.75) is 26.1 Å². The Morgan fingerprint density at radius 1 is 1.03 bits per heavy atom. The summed E-state index contributed by atoms with van der Waals surface area (Å²) in [7, 11) is 0. The first kappa shape index (κ1) is 21.3. The van der Waals surface area contributed by atoms with Gasteiger partial charge in [-0.15, -0.1) is 0 Å². The number of nitrogens with one attached hydrogen (secondary N) is 1. The van der Waals surface area contributed by atoms with Gasteiger partial charge >= 0.3 is 6.18 Å². The summed E-state index contributed by atoms with van der Waals surface area (Å²) in [4.78, 5) is 25.2. The highest BCUT2D eigenvalue weighted by Gasteiger charge is 2.33. The molecule has 1 unspecified atom stereocenters. The van der Waals surface area contributed by atoms with Gasteiger partial charge in [0.2, 0.25) is 5.95 Å². The normalized spacial score (nSPS) is 12.7. The number of nitrogens with two attached hydrogens (primary N) is 1. The number of halogens is 3. The van der Waals surface area contributed by atoms with E-state index in [1.54, 1.807) is 43.3 Å². The molecule has 0 fully saturated rings. The van der Waals surface area contributed by atoms with Gasteiger partial charge in [0, 0.05) is 6.07 Å². The van der Waals surface area contributed by atoms with Crippen LogP contribution in [-0.2, 0) is 6.18 Å². The highest BCUT2D eigenvalue weighted by molar-refractivity contribution is 5.81. The van der Waals surface area contributed by atoms with Crippen LogP contribution in [0.15, 0.2) is 59.4 Å². The third-order valence-corrected chi connectivity index (χ3v) is 4.93. The van der Waals surface area contributed by atoms with Crippen molar-refractivity contribution in [3.63, 3.8) is 0 Å². The Hall–Kier alpha value is -3.95. The summed E-state index contributed by atoms with van der Waals surface area (Å²) in [6.45, 7) is 3.50. The van der Waals surface area contributed by atoms with Gasteiger partial charge in [-0.2, -0.15) is 18.2 Å². The van der Waals surface area contributed by atoms with Gasteiger partial charge < -0.3 is 11.1 Å². The number of benzene rings is 2. The predicted molar refractivity (Wildman–Crippen MR) is 116 cm³/mol. The second-order valence-corrected chi connectivity index (χ2v) is 7.28. The Morgan fingerprint density at radius 3 is 2.44 bits per heavy atom. The van der Waals surface area contributed by atoms with E-state index in [1.165, 1.54) is 4.57 Å². The van der Waals surface area contributed by atoms with E-state index in [9.17, 15) is 18.0 Å². The van der Waals surface area contributed by atoms with Gasteiger partial charge in [0.15, 0.2) is 5.69 Å². The second-order valence-electron chi connectivity index (χ2n) is 7.28. The fraction of sp³-hybridized carbons (Fsp3) is 0.182. The summed E-state index contributed by atoms with van der Waals surface area (Å²) in [6, 6.07) is 14.3. The maximum Gasteiger partial charge on any atom is 0.433 e. The number of hydrogen-bond acceptors (Lipinski definition) is 6.